The second kappa shape index (κ2) is 12.4. The molecule has 6 heteroatoms. The number of aryl methyl sites for hydroxylation is 1. The lowest BCUT2D eigenvalue weighted by molar-refractivity contribution is -0.109. The second-order valence-corrected chi connectivity index (χ2v) is 6.97. The van der Waals surface area contributed by atoms with Gasteiger partial charge in [0.1, 0.15) is 5.75 Å². The first-order chi connectivity index (χ1) is 14.2. The van der Waals surface area contributed by atoms with Gasteiger partial charge in [-0.05, 0) is 54.8 Å². The third kappa shape index (κ3) is 7.49. The van der Waals surface area contributed by atoms with Gasteiger partial charge in [-0.25, -0.2) is 0 Å². The highest BCUT2D eigenvalue weighted by molar-refractivity contribution is 6.06. The summed E-state index contributed by atoms with van der Waals surface area (Å²) < 4.78 is 5.38. The molecule has 0 aromatic heterocycles. The number of methoxy groups -OCH3 is 1. The quantitative estimate of drug-likeness (QED) is 0.254. The summed E-state index contributed by atoms with van der Waals surface area (Å²) >= 11 is 0. The molecular weight excluding hydrogens is 366 g/mol. The van der Waals surface area contributed by atoms with Crippen LogP contribution in [0, 0.1) is 0 Å². The fraction of sp³-hybridized carbons (Fsp3) is 0.391. The number of nitrogens with one attached hydrogen (secondary N) is 3. The van der Waals surface area contributed by atoms with Crippen LogP contribution in [0.2, 0.25) is 0 Å². The Morgan fingerprint density at radius 3 is 2.34 bits per heavy atom. The molecule has 6 nitrogen and oxygen atoms in total. The Hall–Kier alpha value is -3.02. The SMILES string of the molecule is CCCCCCCCc1ccc(OC)c(C(=O)Nc2ccc(NNC=O)cc2)c1. The molecular formula is C23H31N3O3. The van der Waals surface area contributed by atoms with Crippen LogP contribution in [-0.4, -0.2) is 19.4 Å². The van der Waals surface area contributed by atoms with E-state index in [9.17, 15) is 9.59 Å². The predicted octanol–water partition coefficient (Wildman–Crippen LogP) is 4.92. The normalized spacial score (nSPS) is 10.3. The molecule has 29 heavy (non-hydrogen) atoms. The van der Waals surface area contributed by atoms with E-state index in [1.807, 2.05) is 18.2 Å². The summed E-state index contributed by atoms with van der Waals surface area (Å²) in [5, 5.41) is 2.90. The van der Waals surface area contributed by atoms with Crippen LogP contribution in [-0.2, 0) is 11.2 Å². The van der Waals surface area contributed by atoms with Gasteiger partial charge in [0.15, 0.2) is 0 Å². The van der Waals surface area contributed by atoms with Gasteiger partial charge in [0.25, 0.3) is 5.91 Å². The van der Waals surface area contributed by atoms with E-state index < -0.39 is 0 Å². The third-order valence-electron chi connectivity index (χ3n) is 4.75. The van der Waals surface area contributed by atoms with E-state index in [0.717, 1.165) is 18.4 Å². The molecule has 0 spiro atoms. The van der Waals surface area contributed by atoms with Gasteiger partial charge in [-0.1, -0.05) is 45.1 Å². The summed E-state index contributed by atoms with van der Waals surface area (Å²) in [7, 11) is 1.57. The molecule has 156 valence electrons. The number of anilines is 2. The van der Waals surface area contributed by atoms with Crippen molar-refractivity contribution in [1.29, 1.82) is 0 Å². The molecule has 0 bridgehead atoms. The highest BCUT2D eigenvalue weighted by Gasteiger charge is 2.13. The van der Waals surface area contributed by atoms with Crippen LogP contribution in [0.1, 0.15) is 61.4 Å². The van der Waals surface area contributed by atoms with Gasteiger partial charge >= 0.3 is 0 Å². The minimum atomic E-state index is -0.210. The maximum atomic E-state index is 12.8. The Bertz CT molecular complexity index is 775. The van der Waals surface area contributed by atoms with Crippen molar-refractivity contribution in [3.63, 3.8) is 0 Å². The number of ether oxygens (including phenoxy) is 1. The molecule has 0 fully saturated rings. The summed E-state index contributed by atoms with van der Waals surface area (Å²) in [5.41, 5.74) is 8.14. The van der Waals surface area contributed by atoms with Gasteiger partial charge in [-0.3, -0.25) is 20.4 Å². The lowest BCUT2D eigenvalue weighted by Crippen LogP contribution is -2.19. The standard InChI is InChI=1S/C23H31N3O3/c1-3-4-5-6-7-8-9-18-10-15-22(29-2)21(16-18)23(28)25-19-11-13-20(14-12-19)26-24-17-27/h10-17,26H,3-9H2,1-2H3,(H,24,27)(H,25,28). The third-order valence-corrected chi connectivity index (χ3v) is 4.75. The van der Waals surface area contributed by atoms with Gasteiger partial charge in [0, 0.05) is 5.69 Å². The monoisotopic (exact) mass is 397 g/mol. The van der Waals surface area contributed by atoms with Crippen molar-refractivity contribution in [1.82, 2.24) is 5.43 Å². The van der Waals surface area contributed by atoms with Crippen LogP contribution in [0.25, 0.3) is 0 Å². The summed E-state index contributed by atoms with van der Waals surface area (Å²) in [6.07, 6.45) is 8.98. The Balaban J connectivity index is 1.97. The molecule has 2 amide bonds. The zero-order valence-electron chi connectivity index (χ0n) is 17.3. The van der Waals surface area contributed by atoms with Crippen molar-refractivity contribution < 1.29 is 14.3 Å². The summed E-state index contributed by atoms with van der Waals surface area (Å²) in [4.78, 5) is 23.1. The van der Waals surface area contributed by atoms with Crippen molar-refractivity contribution in [3.8, 4) is 5.75 Å². The molecule has 2 aromatic carbocycles. The number of unbranched alkanes of at least 4 members (excludes halogenated alkanes) is 5. The highest BCUT2D eigenvalue weighted by Crippen LogP contribution is 2.23. The van der Waals surface area contributed by atoms with E-state index in [1.54, 1.807) is 31.4 Å². The van der Waals surface area contributed by atoms with E-state index in [-0.39, 0.29) is 5.91 Å². The molecule has 0 radical (unpaired) electrons. The fourth-order valence-electron chi connectivity index (χ4n) is 3.15. The number of benzene rings is 2. The van der Waals surface area contributed by atoms with Crippen LogP contribution < -0.4 is 20.9 Å². The van der Waals surface area contributed by atoms with Gasteiger partial charge in [-0.2, -0.15) is 0 Å². The van der Waals surface area contributed by atoms with Gasteiger partial charge in [0.05, 0.1) is 18.4 Å². The largest absolute Gasteiger partial charge is 0.496 e. The lowest BCUT2D eigenvalue weighted by atomic mass is 10.0. The zero-order chi connectivity index (χ0) is 20.9. The molecule has 0 saturated heterocycles. The Labute approximate surface area is 173 Å². The average Bonchev–Trinajstić information content (AvgIpc) is 2.75. The van der Waals surface area contributed by atoms with Crippen LogP contribution in [0.5, 0.6) is 5.75 Å². The molecule has 0 saturated carbocycles. The molecule has 3 N–H and O–H groups in total. The summed E-state index contributed by atoms with van der Waals surface area (Å²) in [6.45, 7) is 2.22. The van der Waals surface area contributed by atoms with Crippen molar-refractivity contribution >= 4 is 23.7 Å². The van der Waals surface area contributed by atoms with Crippen LogP contribution in [0.3, 0.4) is 0 Å². The molecule has 0 atom stereocenters. The highest BCUT2D eigenvalue weighted by atomic mass is 16.5. The van der Waals surface area contributed by atoms with Gasteiger partial charge in [-0.15, -0.1) is 0 Å². The maximum absolute atomic E-state index is 12.8. The smallest absolute Gasteiger partial charge is 0.259 e. The average molecular weight is 398 g/mol. The summed E-state index contributed by atoms with van der Waals surface area (Å²) in [5.74, 6) is 0.348. The Morgan fingerprint density at radius 2 is 1.66 bits per heavy atom. The first-order valence-electron chi connectivity index (χ1n) is 10.2. The number of rotatable bonds is 13. The van der Waals surface area contributed by atoms with Gasteiger partial charge < -0.3 is 10.1 Å². The van der Waals surface area contributed by atoms with E-state index in [2.05, 4.69) is 23.1 Å². The maximum Gasteiger partial charge on any atom is 0.259 e. The Morgan fingerprint density at radius 1 is 0.966 bits per heavy atom. The minimum Gasteiger partial charge on any atom is -0.496 e. The second-order valence-electron chi connectivity index (χ2n) is 6.97. The van der Waals surface area contributed by atoms with E-state index in [1.165, 1.54) is 32.1 Å². The van der Waals surface area contributed by atoms with Crippen LogP contribution in [0.15, 0.2) is 42.5 Å². The number of amides is 2. The number of hydrogen-bond donors (Lipinski definition) is 3. The number of hydrazine groups is 1. The molecule has 2 aromatic rings. The van der Waals surface area contributed by atoms with Crippen molar-refractivity contribution in [2.24, 2.45) is 0 Å². The van der Waals surface area contributed by atoms with Crippen molar-refractivity contribution in [2.75, 3.05) is 17.9 Å². The molecule has 0 aliphatic carbocycles. The lowest BCUT2D eigenvalue weighted by Gasteiger charge is -2.12. The van der Waals surface area contributed by atoms with E-state index >= 15 is 0 Å². The molecule has 0 aliphatic heterocycles. The van der Waals surface area contributed by atoms with Crippen molar-refractivity contribution in [3.05, 3.63) is 53.6 Å². The molecule has 0 aliphatic rings. The minimum absolute atomic E-state index is 0.210. The predicted molar refractivity (Wildman–Crippen MR) is 117 cm³/mol. The number of hydrogen-bond acceptors (Lipinski definition) is 4. The fourth-order valence-corrected chi connectivity index (χ4v) is 3.15. The van der Waals surface area contributed by atoms with E-state index in [4.69, 9.17) is 4.74 Å². The van der Waals surface area contributed by atoms with Gasteiger partial charge in [0.2, 0.25) is 6.41 Å². The molecule has 0 heterocycles. The molecule has 0 unspecified atom stereocenters. The summed E-state index contributed by atoms with van der Waals surface area (Å²) in [6, 6.07) is 12.9. The van der Waals surface area contributed by atoms with Crippen LogP contribution in [0.4, 0.5) is 11.4 Å². The Kier molecular flexibility index (Phi) is 9.55. The zero-order valence-corrected chi connectivity index (χ0v) is 17.3. The first kappa shape index (κ1) is 22.3. The van der Waals surface area contributed by atoms with E-state index in [0.29, 0.717) is 29.1 Å². The first-order valence-corrected chi connectivity index (χ1v) is 10.2. The van der Waals surface area contributed by atoms with Crippen LogP contribution >= 0.6 is 0 Å². The van der Waals surface area contributed by atoms with Crippen molar-refractivity contribution in [2.45, 2.75) is 51.9 Å². The topological polar surface area (TPSA) is 79.5 Å². The number of carbonyl (C=O) groups is 2. The molecule has 2 rings (SSSR count). The number of carbonyl (C=O) groups excluding carboxylic acids is 2.